The van der Waals surface area contributed by atoms with Crippen LogP contribution in [0.5, 0.6) is 11.5 Å². The predicted octanol–water partition coefficient (Wildman–Crippen LogP) is 1.49. The number of nitrogens with one attached hydrogen (secondary N) is 1. The molecule has 1 aliphatic heterocycles. The summed E-state index contributed by atoms with van der Waals surface area (Å²) >= 11 is 1.28. The van der Waals surface area contributed by atoms with Gasteiger partial charge in [-0.2, -0.15) is 0 Å². The van der Waals surface area contributed by atoms with Gasteiger partial charge in [0.05, 0.1) is 17.5 Å². The molecule has 12 nitrogen and oxygen atoms in total. The van der Waals surface area contributed by atoms with Crippen LogP contribution in [0.2, 0.25) is 0 Å². The lowest BCUT2D eigenvalue weighted by Gasteiger charge is -2.11. The predicted molar refractivity (Wildman–Crippen MR) is 115 cm³/mol. The number of imidazole rings is 1. The first kappa shape index (κ1) is 20.5. The number of sulfonamides is 1. The molecule has 1 aromatic carbocycles. The van der Waals surface area contributed by atoms with E-state index < -0.39 is 10.0 Å². The number of aromatic nitrogens is 5. The Kier molecular flexibility index (Phi) is 5.11. The highest BCUT2D eigenvalue weighted by atomic mass is 32.2. The van der Waals surface area contributed by atoms with E-state index >= 15 is 0 Å². The van der Waals surface area contributed by atoms with Gasteiger partial charge in [0, 0.05) is 11.4 Å². The maximum atomic E-state index is 12.0. The number of oxazole rings is 1. The van der Waals surface area contributed by atoms with Gasteiger partial charge in [-0.05, 0) is 19.2 Å². The van der Waals surface area contributed by atoms with Gasteiger partial charge in [0.1, 0.15) is 12.6 Å². The Morgan fingerprint density at radius 2 is 2.03 bits per heavy atom. The van der Waals surface area contributed by atoms with Crippen LogP contribution in [0.25, 0.3) is 22.6 Å². The minimum absolute atomic E-state index is 0.108. The molecule has 4 heterocycles. The van der Waals surface area contributed by atoms with Gasteiger partial charge < -0.3 is 24.2 Å². The van der Waals surface area contributed by atoms with Gasteiger partial charge in [-0.1, -0.05) is 11.8 Å². The third-order valence-corrected chi connectivity index (χ3v) is 7.15. The first-order valence-corrected chi connectivity index (χ1v) is 11.8. The zero-order valence-corrected chi connectivity index (χ0v) is 18.3. The molecule has 0 aliphatic carbocycles. The molecule has 0 amide bonds. The van der Waals surface area contributed by atoms with E-state index in [1.807, 2.05) is 0 Å². The summed E-state index contributed by atoms with van der Waals surface area (Å²) < 4.78 is 44.6. The van der Waals surface area contributed by atoms with Crippen molar-refractivity contribution in [3.05, 3.63) is 30.9 Å². The summed E-state index contributed by atoms with van der Waals surface area (Å²) in [6.45, 7) is 0.221. The molecule has 0 unspecified atom stereocenters. The minimum Gasteiger partial charge on any atom is -0.454 e. The number of nitrogens with zero attached hydrogens (tertiary/aromatic N) is 5. The van der Waals surface area contributed by atoms with Crippen LogP contribution in [0, 0.1) is 0 Å². The fourth-order valence-electron chi connectivity index (χ4n) is 3.16. The molecule has 5 rings (SSSR count). The summed E-state index contributed by atoms with van der Waals surface area (Å²) in [7, 11) is -2.09. The van der Waals surface area contributed by atoms with Gasteiger partial charge in [0.2, 0.25) is 22.7 Å². The number of hydrogen-bond acceptors (Lipinski definition) is 11. The molecule has 0 saturated heterocycles. The van der Waals surface area contributed by atoms with Gasteiger partial charge in [0.25, 0.3) is 0 Å². The van der Waals surface area contributed by atoms with Crippen molar-refractivity contribution in [2.24, 2.45) is 0 Å². The second-order valence-electron chi connectivity index (χ2n) is 6.64. The van der Waals surface area contributed by atoms with Crippen LogP contribution in [0.4, 0.5) is 5.82 Å². The number of ether oxygens (including phenoxy) is 2. The van der Waals surface area contributed by atoms with Gasteiger partial charge in [-0.25, -0.2) is 33.1 Å². The summed E-state index contributed by atoms with van der Waals surface area (Å²) in [6, 6.07) is 3.58. The summed E-state index contributed by atoms with van der Waals surface area (Å²) in [5.41, 5.74) is 7.48. The SMILES string of the molecule is CNS(=O)(=O)CCn1c(Sc2cc3c(cc2-c2ncco2)OCO3)nc2c(N)ncnc21. The maximum Gasteiger partial charge on any atom is 0.231 e. The van der Waals surface area contributed by atoms with E-state index in [9.17, 15) is 8.42 Å². The Balaban J connectivity index is 1.62. The highest BCUT2D eigenvalue weighted by Crippen LogP contribution is 2.44. The van der Waals surface area contributed by atoms with Gasteiger partial charge in [-0.3, -0.25) is 0 Å². The molecule has 4 aromatic rings. The molecular weight excluding hydrogens is 458 g/mol. The van der Waals surface area contributed by atoms with Gasteiger partial charge in [-0.15, -0.1) is 0 Å². The molecule has 0 radical (unpaired) electrons. The van der Waals surface area contributed by atoms with E-state index in [1.54, 1.807) is 22.9 Å². The smallest absolute Gasteiger partial charge is 0.231 e. The van der Waals surface area contributed by atoms with E-state index in [2.05, 4.69) is 24.7 Å². The Bertz CT molecular complexity index is 1400. The largest absolute Gasteiger partial charge is 0.454 e. The van der Waals surface area contributed by atoms with E-state index in [0.717, 1.165) is 4.90 Å². The first-order chi connectivity index (χ1) is 15.4. The second kappa shape index (κ2) is 7.96. The fourth-order valence-corrected chi connectivity index (χ4v) is 4.83. The monoisotopic (exact) mass is 475 g/mol. The first-order valence-electron chi connectivity index (χ1n) is 9.34. The van der Waals surface area contributed by atoms with Crippen molar-refractivity contribution in [2.75, 3.05) is 25.3 Å². The minimum atomic E-state index is -3.46. The topological polar surface area (TPSA) is 160 Å². The van der Waals surface area contributed by atoms with Crippen LogP contribution in [0.3, 0.4) is 0 Å². The molecule has 166 valence electrons. The number of anilines is 1. The quantitative estimate of drug-likeness (QED) is 0.398. The highest BCUT2D eigenvalue weighted by Gasteiger charge is 2.24. The van der Waals surface area contributed by atoms with Crippen LogP contribution < -0.4 is 19.9 Å². The zero-order valence-electron chi connectivity index (χ0n) is 16.7. The Labute approximate surface area is 186 Å². The van der Waals surface area contributed by atoms with Crippen LogP contribution in [-0.2, 0) is 16.6 Å². The Morgan fingerprint density at radius 1 is 1.22 bits per heavy atom. The Hall–Kier alpha value is -3.36. The number of fused-ring (bicyclic) bond motifs is 2. The van der Waals surface area contributed by atoms with Crippen molar-refractivity contribution in [3.8, 4) is 23.0 Å². The van der Waals surface area contributed by atoms with E-state index in [4.69, 9.17) is 19.6 Å². The zero-order chi connectivity index (χ0) is 22.3. The summed E-state index contributed by atoms with van der Waals surface area (Å²) in [4.78, 5) is 17.8. The lowest BCUT2D eigenvalue weighted by atomic mass is 10.2. The molecule has 1 aliphatic rings. The van der Waals surface area contributed by atoms with Crippen molar-refractivity contribution < 1.29 is 22.3 Å². The van der Waals surface area contributed by atoms with Gasteiger partial charge in [0.15, 0.2) is 33.6 Å². The molecular formula is C18H17N7O5S2. The number of nitrogen functional groups attached to an aromatic ring is 1. The standard InChI is InChI=1S/C18H17N7O5S2/c1-20-32(26,27)5-3-25-16-14(15(19)22-8-23-16)24-18(25)31-13-7-12-11(29-9-30-12)6-10(13)17-21-2-4-28-17/h2,4,6-8,20H,3,5,9H2,1H3,(H2,19,22,23). The highest BCUT2D eigenvalue weighted by molar-refractivity contribution is 7.99. The lowest BCUT2D eigenvalue weighted by Crippen LogP contribution is -2.25. The van der Waals surface area contributed by atoms with Crippen molar-refractivity contribution in [2.45, 2.75) is 16.6 Å². The van der Waals surface area contributed by atoms with Crippen LogP contribution in [0.15, 0.2) is 45.4 Å². The number of rotatable bonds is 7. The molecule has 0 spiro atoms. The molecule has 0 atom stereocenters. The average molecular weight is 476 g/mol. The third kappa shape index (κ3) is 3.72. The van der Waals surface area contributed by atoms with Gasteiger partial charge >= 0.3 is 0 Å². The van der Waals surface area contributed by atoms with E-state index in [1.165, 1.54) is 31.4 Å². The number of benzene rings is 1. The van der Waals surface area contributed by atoms with Crippen LogP contribution in [-0.4, -0.2) is 52.5 Å². The summed E-state index contributed by atoms with van der Waals surface area (Å²) in [5, 5.41) is 0.477. The second-order valence-corrected chi connectivity index (χ2v) is 9.70. The molecule has 14 heteroatoms. The summed E-state index contributed by atoms with van der Waals surface area (Å²) in [6.07, 6.45) is 4.33. The molecule has 0 fully saturated rings. The average Bonchev–Trinajstić information content (AvgIpc) is 3.52. The molecule has 0 saturated carbocycles. The number of aryl methyl sites for hydroxylation is 1. The lowest BCUT2D eigenvalue weighted by molar-refractivity contribution is 0.174. The molecule has 3 aromatic heterocycles. The molecule has 3 N–H and O–H groups in total. The summed E-state index contributed by atoms with van der Waals surface area (Å²) in [5.74, 6) is 1.57. The number of nitrogens with two attached hydrogens (primary N) is 1. The van der Waals surface area contributed by atoms with Crippen molar-refractivity contribution >= 4 is 38.8 Å². The fraction of sp³-hybridized carbons (Fsp3) is 0.222. The van der Waals surface area contributed by atoms with Crippen molar-refractivity contribution in [3.63, 3.8) is 0 Å². The van der Waals surface area contributed by atoms with E-state index in [-0.39, 0.29) is 24.9 Å². The Morgan fingerprint density at radius 3 is 2.78 bits per heavy atom. The van der Waals surface area contributed by atoms with Crippen molar-refractivity contribution in [1.82, 2.24) is 29.2 Å². The normalized spacial score (nSPS) is 13.2. The van der Waals surface area contributed by atoms with Crippen LogP contribution >= 0.6 is 11.8 Å². The number of hydrogen-bond donors (Lipinski definition) is 2. The third-order valence-electron chi connectivity index (χ3n) is 4.76. The maximum absolute atomic E-state index is 12.0. The van der Waals surface area contributed by atoms with Crippen LogP contribution in [0.1, 0.15) is 0 Å². The van der Waals surface area contributed by atoms with E-state index in [0.29, 0.717) is 39.3 Å². The molecule has 32 heavy (non-hydrogen) atoms. The molecule has 0 bridgehead atoms. The van der Waals surface area contributed by atoms with Crippen molar-refractivity contribution in [1.29, 1.82) is 0 Å².